The predicted molar refractivity (Wildman–Crippen MR) is 60.0 cm³/mol. The molecule has 0 radical (unpaired) electrons. The molecular weight excluding hydrogens is 208 g/mol. The molecule has 1 aliphatic heterocycles. The Morgan fingerprint density at radius 1 is 1.56 bits per heavy atom. The first-order valence-electron chi connectivity index (χ1n) is 5.56. The summed E-state index contributed by atoms with van der Waals surface area (Å²) in [5.41, 5.74) is -0.368. The second kappa shape index (κ2) is 4.82. The van der Waals surface area contributed by atoms with E-state index in [2.05, 4.69) is 5.32 Å². The Balaban J connectivity index is 2.52. The molecular formula is C11H20N2O3. The summed E-state index contributed by atoms with van der Waals surface area (Å²) in [5, 5.41) is 11.5. The van der Waals surface area contributed by atoms with Gasteiger partial charge in [-0.15, -0.1) is 0 Å². The van der Waals surface area contributed by atoms with Gasteiger partial charge in [0.25, 0.3) is 0 Å². The van der Waals surface area contributed by atoms with Gasteiger partial charge in [-0.05, 0) is 19.9 Å². The minimum atomic E-state index is -0.784. The molecule has 1 aliphatic rings. The second-order valence-electron chi connectivity index (χ2n) is 4.86. The van der Waals surface area contributed by atoms with Crippen LogP contribution in [0.3, 0.4) is 0 Å². The maximum atomic E-state index is 11.6. The number of likely N-dealkylation sites (tertiary alicyclic amines) is 1. The third kappa shape index (κ3) is 2.72. The SMILES string of the molecule is CNC(=O)C1(C)CCN(CC(C)C(=O)O)C1. The number of carbonyl (C=O) groups is 2. The molecule has 0 aromatic carbocycles. The maximum Gasteiger partial charge on any atom is 0.307 e. The number of hydrogen-bond acceptors (Lipinski definition) is 3. The molecule has 0 aromatic heterocycles. The van der Waals surface area contributed by atoms with E-state index in [1.54, 1.807) is 14.0 Å². The number of hydrogen-bond donors (Lipinski definition) is 2. The number of carbonyl (C=O) groups excluding carboxylic acids is 1. The van der Waals surface area contributed by atoms with Crippen molar-refractivity contribution in [2.45, 2.75) is 20.3 Å². The lowest BCUT2D eigenvalue weighted by atomic mass is 9.89. The maximum absolute atomic E-state index is 11.6. The summed E-state index contributed by atoms with van der Waals surface area (Å²) in [6.07, 6.45) is 0.791. The molecule has 0 aliphatic carbocycles. The fourth-order valence-corrected chi connectivity index (χ4v) is 2.16. The Kier molecular flexibility index (Phi) is 3.91. The summed E-state index contributed by atoms with van der Waals surface area (Å²) in [5.74, 6) is -1.13. The van der Waals surface area contributed by atoms with Crippen LogP contribution in [0.5, 0.6) is 0 Å². The first kappa shape index (κ1) is 13.0. The molecule has 2 atom stereocenters. The van der Waals surface area contributed by atoms with Gasteiger partial charge in [0.05, 0.1) is 11.3 Å². The Hall–Kier alpha value is -1.10. The molecule has 16 heavy (non-hydrogen) atoms. The minimum absolute atomic E-state index is 0.0398. The van der Waals surface area contributed by atoms with Gasteiger partial charge in [0.2, 0.25) is 5.91 Å². The monoisotopic (exact) mass is 228 g/mol. The van der Waals surface area contributed by atoms with E-state index in [1.165, 1.54) is 0 Å². The smallest absolute Gasteiger partial charge is 0.307 e. The third-order valence-electron chi connectivity index (χ3n) is 3.28. The standard InChI is InChI=1S/C11H20N2O3/c1-8(9(14)15)6-13-5-4-11(2,7-13)10(16)12-3/h8H,4-7H2,1-3H3,(H,12,16)(H,14,15). The van der Waals surface area contributed by atoms with Crippen molar-refractivity contribution < 1.29 is 14.7 Å². The first-order valence-corrected chi connectivity index (χ1v) is 5.56. The van der Waals surface area contributed by atoms with Gasteiger partial charge in [-0.2, -0.15) is 0 Å². The fourth-order valence-electron chi connectivity index (χ4n) is 2.16. The van der Waals surface area contributed by atoms with E-state index in [9.17, 15) is 9.59 Å². The summed E-state index contributed by atoms with van der Waals surface area (Å²) in [6.45, 7) is 5.57. The normalized spacial score (nSPS) is 27.7. The molecule has 2 unspecified atom stereocenters. The molecule has 1 heterocycles. The van der Waals surface area contributed by atoms with Crippen molar-refractivity contribution in [1.29, 1.82) is 0 Å². The molecule has 1 fully saturated rings. The largest absolute Gasteiger partial charge is 0.481 e. The second-order valence-corrected chi connectivity index (χ2v) is 4.86. The Labute approximate surface area is 95.8 Å². The Morgan fingerprint density at radius 3 is 2.69 bits per heavy atom. The van der Waals surface area contributed by atoms with Crippen molar-refractivity contribution >= 4 is 11.9 Å². The highest BCUT2D eigenvalue weighted by molar-refractivity contribution is 5.82. The van der Waals surface area contributed by atoms with Crippen LogP contribution in [0.15, 0.2) is 0 Å². The summed E-state index contributed by atoms with van der Waals surface area (Å²) in [6, 6.07) is 0. The van der Waals surface area contributed by atoms with Crippen LogP contribution in [-0.2, 0) is 9.59 Å². The molecule has 1 saturated heterocycles. The molecule has 2 N–H and O–H groups in total. The zero-order valence-electron chi connectivity index (χ0n) is 10.1. The molecule has 5 nitrogen and oxygen atoms in total. The highest BCUT2D eigenvalue weighted by Gasteiger charge is 2.40. The lowest BCUT2D eigenvalue weighted by Gasteiger charge is -2.23. The van der Waals surface area contributed by atoms with Crippen LogP contribution in [0, 0.1) is 11.3 Å². The van der Waals surface area contributed by atoms with Crippen LogP contribution in [0.1, 0.15) is 20.3 Å². The highest BCUT2D eigenvalue weighted by atomic mass is 16.4. The Bertz CT molecular complexity index is 293. The number of carboxylic acid groups (broad SMARTS) is 1. The average Bonchev–Trinajstić information content (AvgIpc) is 2.60. The van der Waals surface area contributed by atoms with Gasteiger partial charge in [-0.25, -0.2) is 0 Å². The summed E-state index contributed by atoms with van der Waals surface area (Å²) < 4.78 is 0. The van der Waals surface area contributed by atoms with E-state index in [1.807, 2.05) is 11.8 Å². The van der Waals surface area contributed by atoms with Gasteiger partial charge in [-0.3, -0.25) is 9.59 Å². The van der Waals surface area contributed by atoms with Crippen LogP contribution >= 0.6 is 0 Å². The summed E-state index contributed by atoms with van der Waals surface area (Å²) in [4.78, 5) is 24.4. The van der Waals surface area contributed by atoms with Crippen LogP contribution in [0.2, 0.25) is 0 Å². The lowest BCUT2D eigenvalue weighted by Crippen LogP contribution is -2.40. The first-order chi connectivity index (χ1) is 7.39. The number of amides is 1. The van der Waals surface area contributed by atoms with E-state index in [-0.39, 0.29) is 17.2 Å². The number of carboxylic acids is 1. The van der Waals surface area contributed by atoms with Crippen molar-refractivity contribution in [3.05, 3.63) is 0 Å². The summed E-state index contributed by atoms with van der Waals surface area (Å²) in [7, 11) is 1.64. The van der Waals surface area contributed by atoms with Gasteiger partial charge < -0.3 is 15.3 Å². The van der Waals surface area contributed by atoms with Gasteiger partial charge in [0.1, 0.15) is 0 Å². The average molecular weight is 228 g/mol. The molecule has 5 heteroatoms. The van der Waals surface area contributed by atoms with Crippen LogP contribution in [-0.4, -0.2) is 48.6 Å². The fraction of sp³-hybridized carbons (Fsp3) is 0.818. The zero-order valence-corrected chi connectivity index (χ0v) is 10.1. The van der Waals surface area contributed by atoms with Crippen LogP contribution in [0.25, 0.3) is 0 Å². The number of nitrogens with one attached hydrogen (secondary N) is 1. The van der Waals surface area contributed by atoms with Crippen LogP contribution < -0.4 is 5.32 Å². The van der Waals surface area contributed by atoms with Crippen molar-refractivity contribution in [1.82, 2.24) is 10.2 Å². The van der Waals surface area contributed by atoms with Crippen molar-refractivity contribution in [3.63, 3.8) is 0 Å². The number of nitrogens with zero attached hydrogens (tertiary/aromatic N) is 1. The zero-order chi connectivity index (χ0) is 12.3. The minimum Gasteiger partial charge on any atom is -0.481 e. The van der Waals surface area contributed by atoms with Gasteiger partial charge >= 0.3 is 5.97 Å². The van der Waals surface area contributed by atoms with Crippen LogP contribution in [0.4, 0.5) is 0 Å². The van der Waals surface area contributed by atoms with Crippen molar-refractivity contribution in [2.75, 3.05) is 26.7 Å². The molecule has 1 amide bonds. The molecule has 0 bridgehead atoms. The highest BCUT2D eigenvalue weighted by Crippen LogP contribution is 2.30. The van der Waals surface area contributed by atoms with Gasteiger partial charge in [0, 0.05) is 20.1 Å². The number of rotatable bonds is 4. The molecule has 0 aromatic rings. The van der Waals surface area contributed by atoms with Crippen molar-refractivity contribution in [2.24, 2.45) is 11.3 Å². The van der Waals surface area contributed by atoms with E-state index >= 15 is 0 Å². The van der Waals surface area contributed by atoms with Crippen molar-refractivity contribution in [3.8, 4) is 0 Å². The molecule has 92 valence electrons. The number of aliphatic carboxylic acids is 1. The third-order valence-corrected chi connectivity index (χ3v) is 3.28. The quantitative estimate of drug-likeness (QED) is 0.719. The molecule has 1 rings (SSSR count). The predicted octanol–water partition coefficient (Wildman–Crippen LogP) is 0.165. The Morgan fingerprint density at radius 2 is 2.19 bits per heavy atom. The topological polar surface area (TPSA) is 69.6 Å². The van der Waals surface area contributed by atoms with Gasteiger partial charge in [0.15, 0.2) is 0 Å². The summed E-state index contributed by atoms with van der Waals surface area (Å²) >= 11 is 0. The van der Waals surface area contributed by atoms with E-state index < -0.39 is 5.97 Å². The van der Waals surface area contributed by atoms with E-state index in [0.29, 0.717) is 13.1 Å². The lowest BCUT2D eigenvalue weighted by molar-refractivity contribution is -0.141. The van der Waals surface area contributed by atoms with E-state index in [4.69, 9.17) is 5.11 Å². The molecule has 0 saturated carbocycles. The van der Waals surface area contributed by atoms with E-state index in [0.717, 1.165) is 13.0 Å². The molecule has 0 spiro atoms. The van der Waals surface area contributed by atoms with Gasteiger partial charge in [-0.1, -0.05) is 6.92 Å².